The zero-order chi connectivity index (χ0) is 20.6. The Labute approximate surface area is 181 Å². The molecule has 8 heteroatoms. The number of thiocarbonyl (C=S) groups is 1. The molecule has 0 aliphatic rings. The molecule has 0 spiro atoms. The van der Waals surface area contributed by atoms with E-state index in [1.807, 2.05) is 30.3 Å². The highest BCUT2D eigenvalue weighted by Crippen LogP contribution is 2.11. The second-order valence-electron chi connectivity index (χ2n) is 6.05. The highest BCUT2D eigenvalue weighted by molar-refractivity contribution is 9.10. The van der Waals surface area contributed by atoms with Crippen LogP contribution in [0, 0.1) is 0 Å². The van der Waals surface area contributed by atoms with Gasteiger partial charge in [0.2, 0.25) is 0 Å². The Morgan fingerprint density at radius 1 is 0.931 bits per heavy atom. The number of halogens is 1. The lowest BCUT2D eigenvalue weighted by Gasteiger charge is -2.10. The largest absolute Gasteiger partial charge is 0.348 e. The number of carbonyl (C=O) groups excluding carboxylic acids is 2. The van der Waals surface area contributed by atoms with Crippen molar-refractivity contribution in [2.24, 2.45) is 0 Å². The standard InChI is InChI=1S/C21H17BrN4O2S/c22-17-10-16(12-23-13-17)20(28)26-21(29)25-18-8-6-15(7-9-18)19(27)24-11-14-4-2-1-3-5-14/h1-10,12-13H,11H2,(H,24,27)(H2,25,26,28,29). The molecule has 0 aliphatic heterocycles. The molecule has 0 fully saturated rings. The Balaban J connectivity index is 1.52. The highest BCUT2D eigenvalue weighted by atomic mass is 79.9. The minimum atomic E-state index is -0.367. The number of amides is 2. The second-order valence-corrected chi connectivity index (χ2v) is 7.37. The number of hydrogen-bond donors (Lipinski definition) is 3. The lowest BCUT2D eigenvalue weighted by molar-refractivity contribution is 0.0948. The average Bonchev–Trinajstić information content (AvgIpc) is 2.73. The minimum absolute atomic E-state index is 0.149. The summed E-state index contributed by atoms with van der Waals surface area (Å²) in [5.74, 6) is -0.536. The maximum Gasteiger partial charge on any atom is 0.259 e. The number of pyridine rings is 1. The molecule has 0 unspecified atom stereocenters. The van der Waals surface area contributed by atoms with E-state index in [0.717, 1.165) is 5.56 Å². The van der Waals surface area contributed by atoms with Gasteiger partial charge in [0.05, 0.1) is 5.56 Å². The van der Waals surface area contributed by atoms with Crippen LogP contribution in [0.15, 0.2) is 77.5 Å². The fraction of sp³-hybridized carbons (Fsp3) is 0.0476. The van der Waals surface area contributed by atoms with Crippen LogP contribution in [0.4, 0.5) is 5.69 Å². The van der Waals surface area contributed by atoms with E-state index < -0.39 is 0 Å². The number of benzene rings is 2. The van der Waals surface area contributed by atoms with E-state index in [-0.39, 0.29) is 16.9 Å². The van der Waals surface area contributed by atoms with E-state index in [0.29, 0.717) is 27.8 Å². The first-order valence-electron chi connectivity index (χ1n) is 8.66. The van der Waals surface area contributed by atoms with Crippen molar-refractivity contribution in [3.8, 4) is 0 Å². The van der Waals surface area contributed by atoms with Gasteiger partial charge >= 0.3 is 0 Å². The van der Waals surface area contributed by atoms with Crippen LogP contribution in [0.2, 0.25) is 0 Å². The van der Waals surface area contributed by atoms with Gasteiger partial charge in [-0.2, -0.15) is 0 Å². The second kappa shape index (κ2) is 9.90. The third kappa shape index (κ3) is 6.20. The molecule has 2 aromatic carbocycles. The number of hydrogen-bond acceptors (Lipinski definition) is 4. The number of nitrogens with one attached hydrogen (secondary N) is 3. The summed E-state index contributed by atoms with van der Waals surface area (Å²) in [6.07, 6.45) is 3.04. The van der Waals surface area contributed by atoms with Crippen molar-refractivity contribution >= 4 is 50.8 Å². The monoisotopic (exact) mass is 468 g/mol. The average molecular weight is 469 g/mol. The summed E-state index contributed by atoms with van der Waals surface area (Å²) in [6, 6.07) is 18.1. The normalized spacial score (nSPS) is 10.1. The van der Waals surface area contributed by atoms with Crippen molar-refractivity contribution in [2.45, 2.75) is 6.54 Å². The van der Waals surface area contributed by atoms with Gasteiger partial charge in [0.25, 0.3) is 11.8 Å². The van der Waals surface area contributed by atoms with Crippen LogP contribution >= 0.6 is 28.1 Å². The molecule has 0 radical (unpaired) electrons. The SMILES string of the molecule is O=C(NCc1ccccc1)c1ccc(NC(=S)NC(=O)c2cncc(Br)c2)cc1. The lowest BCUT2D eigenvalue weighted by atomic mass is 10.2. The Kier molecular flexibility index (Phi) is 7.04. The molecule has 0 saturated carbocycles. The number of carbonyl (C=O) groups is 2. The van der Waals surface area contributed by atoms with Crippen LogP contribution in [0.5, 0.6) is 0 Å². The quantitative estimate of drug-likeness (QED) is 0.494. The summed E-state index contributed by atoms with van der Waals surface area (Å²) in [5, 5.41) is 8.53. The molecule has 0 atom stereocenters. The first kappa shape index (κ1) is 20.6. The Morgan fingerprint density at radius 2 is 1.66 bits per heavy atom. The highest BCUT2D eigenvalue weighted by Gasteiger charge is 2.10. The van der Waals surface area contributed by atoms with Gasteiger partial charge in [-0.15, -0.1) is 0 Å². The molecule has 146 valence electrons. The summed E-state index contributed by atoms with van der Waals surface area (Å²) in [6.45, 7) is 0.459. The van der Waals surface area contributed by atoms with Crippen molar-refractivity contribution in [3.63, 3.8) is 0 Å². The maximum absolute atomic E-state index is 12.3. The molecule has 3 rings (SSSR count). The molecule has 1 heterocycles. The van der Waals surface area contributed by atoms with Crippen LogP contribution in [0.3, 0.4) is 0 Å². The first-order valence-corrected chi connectivity index (χ1v) is 9.86. The Bertz CT molecular complexity index is 1030. The predicted octanol–water partition coefficient (Wildman–Crippen LogP) is 3.90. The lowest BCUT2D eigenvalue weighted by Crippen LogP contribution is -2.34. The van der Waals surface area contributed by atoms with Gasteiger partial charge < -0.3 is 10.6 Å². The van der Waals surface area contributed by atoms with Crippen molar-refractivity contribution in [1.29, 1.82) is 0 Å². The fourth-order valence-corrected chi connectivity index (χ4v) is 3.03. The van der Waals surface area contributed by atoms with Crippen molar-refractivity contribution in [1.82, 2.24) is 15.6 Å². The third-order valence-electron chi connectivity index (χ3n) is 3.89. The molecule has 3 N–H and O–H groups in total. The van der Waals surface area contributed by atoms with Gasteiger partial charge in [-0.1, -0.05) is 30.3 Å². The Hall–Kier alpha value is -3.10. The van der Waals surface area contributed by atoms with Gasteiger partial charge in [0.15, 0.2) is 5.11 Å². The molecule has 6 nitrogen and oxygen atoms in total. The summed E-state index contributed by atoms with van der Waals surface area (Å²) in [5.41, 5.74) is 2.60. The van der Waals surface area contributed by atoms with Gasteiger partial charge in [-0.3, -0.25) is 19.9 Å². The predicted molar refractivity (Wildman–Crippen MR) is 120 cm³/mol. The van der Waals surface area contributed by atoms with Gasteiger partial charge in [0.1, 0.15) is 0 Å². The molecular weight excluding hydrogens is 452 g/mol. The van der Waals surface area contributed by atoms with E-state index in [4.69, 9.17) is 12.2 Å². The number of anilines is 1. The van der Waals surface area contributed by atoms with Crippen LogP contribution in [0.1, 0.15) is 26.3 Å². The third-order valence-corrected chi connectivity index (χ3v) is 4.53. The number of rotatable bonds is 5. The number of nitrogens with zero attached hydrogens (tertiary/aromatic N) is 1. The van der Waals surface area contributed by atoms with Crippen LogP contribution in [0.25, 0.3) is 0 Å². The molecule has 0 aliphatic carbocycles. The molecule has 1 aromatic heterocycles. The molecule has 0 bridgehead atoms. The van der Waals surface area contributed by atoms with Gasteiger partial charge in [-0.05, 0) is 64.0 Å². The van der Waals surface area contributed by atoms with E-state index in [9.17, 15) is 9.59 Å². The van der Waals surface area contributed by atoms with Crippen LogP contribution in [-0.2, 0) is 6.54 Å². The molecule has 2 amide bonds. The van der Waals surface area contributed by atoms with Crippen molar-refractivity contribution in [2.75, 3.05) is 5.32 Å². The van der Waals surface area contributed by atoms with Crippen molar-refractivity contribution in [3.05, 3.63) is 94.2 Å². The maximum atomic E-state index is 12.3. The molecule has 29 heavy (non-hydrogen) atoms. The summed E-state index contributed by atoms with van der Waals surface area (Å²) >= 11 is 8.44. The van der Waals surface area contributed by atoms with E-state index in [1.165, 1.54) is 6.20 Å². The van der Waals surface area contributed by atoms with E-state index >= 15 is 0 Å². The number of aromatic nitrogens is 1. The van der Waals surface area contributed by atoms with Crippen LogP contribution in [-0.4, -0.2) is 21.9 Å². The summed E-state index contributed by atoms with van der Waals surface area (Å²) < 4.78 is 0.699. The smallest absolute Gasteiger partial charge is 0.259 e. The molecular formula is C21H17BrN4O2S. The molecule has 3 aromatic rings. The van der Waals surface area contributed by atoms with Crippen LogP contribution < -0.4 is 16.0 Å². The topological polar surface area (TPSA) is 83.1 Å². The summed E-state index contributed by atoms with van der Waals surface area (Å²) in [4.78, 5) is 28.4. The molecule has 0 saturated heterocycles. The first-order chi connectivity index (χ1) is 14.0. The summed E-state index contributed by atoms with van der Waals surface area (Å²) in [7, 11) is 0. The zero-order valence-electron chi connectivity index (χ0n) is 15.2. The minimum Gasteiger partial charge on any atom is -0.348 e. The van der Waals surface area contributed by atoms with Gasteiger partial charge in [-0.25, -0.2) is 0 Å². The van der Waals surface area contributed by atoms with E-state index in [2.05, 4.69) is 36.9 Å². The Morgan fingerprint density at radius 3 is 2.34 bits per heavy atom. The fourth-order valence-electron chi connectivity index (χ4n) is 2.46. The zero-order valence-corrected chi connectivity index (χ0v) is 17.6. The van der Waals surface area contributed by atoms with E-state index in [1.54, 1.807) is 36.5 Å². The van der Waals surface area contributed by atoms with Crippen molar-refractivity contribution < 1.29 is 9.59 Å². The van der Waals surface area contributed by atoms with Gasteiger partial charge in [0, 0.05) is 34.7 Å².